The molecule has 3 aromatic carbocycles. The van der Waals surface area contributed by atoms with E-state index in [1.54, 1.807) is 42.5 Å². The van der Waals surface area contributed by atoms with E-state index in [0.717, 1.165) is 5.56 Å². The van der Waals surface area contributed by atoms with Gasteiger partial charge in [0.2, 0.25) is 0 Å². The van der Waals surface area contributed by atoms with Crippen LogP contribution in [0.2, 0.25) is 0 Å². The second-order valence-electron chi connectivity index (χ2n) is 9.02. The highest BCUT2D eigenvalue weighted by Gasteiger charge is 2.39. The van der Waals surface area contributed by atoms with Crippen LogP contribution in [0.5, 0.6) is 23.0 Å². The van der Waals surface area contributed by atoms with Gasteiger partial charge in [-0.25, -0.2) is 0 Å². The zero-order chi connectivity index (χ0) is 27.8. The van der Waals surface area contributed by atoms with Gasteiger partial charge >= 0.3 is 0 Å². The second kappa shape index (κ2) is 13.6. The molecule has 1 aliphatic rings. The number of rotatable bonds is 12. The van der Waals surface area contributed by atoms with Gasteiger partial charge in [-0.2, -0.15) is 0 Å². The Morgan fingerprint density at radius 2 is 1.51 bits per heavy atom. The molecule has 0 aliphatic carbocycles. The minimum Gasteiger partial charge on any atom is -0.493 e. The maximum atomic E-state index is 11.4. The van der Waals surface area contributed by atoms with Gasteiger partial charge in [-0.05, 0) is 35.4 Å². The van der Waals surface area contributed by atoms with E-state index in [1.165, 1.54) is 14.2 Å². The lowest BCUT2D eigenvalue weighted by molar-refractivity contribution is -0.275. The number of para-hydroxylation sites is 2. The summed E-state index contributed by atoms with van der Waals surface area (Å²) >= 11 is 0. The topological polar surface area (TPSA) is 136 Å². The molecule has 0 radical (unpaired) electrons. The normalized spacial score (nSPS) is 22.5. The first-order valence-electron chi connectivity index (χ1n) is 12.5. The lowest BCUT2D eigenvalue weighted by atomic mass is 10.0. The lowest BCUT2D eigenvalue weighted by Gasteiger charge is -2.36. The summed E-state index contributed by atoms with van der Waals surface area (Å²) in [5.74, 6) is 1.73. The van der Waals surface area contributed by atoms with Gasteiger partial charge in [0.1, 0.15) is 31.0 Å². The van der Waals surface area contributed by atoms with Crippen LogP contribution in [0.4, 0.5) is 0 Å². The van der Waals surface area contributed by atoms with Crippen LogP contribution >= 0.6 is 0 Å². The van der Waals surface area contributed by atoms with Crippen molar-refractivity contribution in [2.75, 3.05) is 27.4 Å². The summed E-state index contributed by atoms with van der Waals surface area (Å²) in [6.07, 6.45) is -7.61. The molecular formula is C29H34O10. The second-order valence-corrected chi connectivity index (χ2v) is 9.02. The standard InChI is InChI=1S/C29H34O10/c1-34-21-10-6-7-11-23(21)39-25(17-38-29-28(33)27(32)20(30)16-37-29)26(31)19-12-13-22(24(14-19)35-2)36-15-18-8-4-3-5-9-18/h3-14,20,25-33H,15-17H2,1-2H3/t20-,25+,26+,27+,28-,29+/m1/s1. The third-order valence-corrected chi connectivity index (χ3v) is 6.34. The maximum absolute atomic E-state index is 11.4. The molecule has 1 heterocycles. The molecule has 0 bridgehead atoms. The van der Waals surface area contributed by atoms with Gasteiger partial charge in [0.25, 0.3) is 0 Å². The van der Waals surface area contributed by atoms with Crippen molar-refractivity contribution in [1.29, 1.82) is 0 Å². The Labute approximate surface area is 226 Å². The third-order valence-electron chi connectivity index (χ3n) is 6.34. The molecule has 10 heteroatoms. The van der Waals surface area contributed by atoms with Gasteiger partial charge < -0.3 is 48.8 Å². The molecule has 0 saturated carbocycles. The van der Waals surface area contributed by atoms with Crippen molar-refractivity contribution in [2.24, 2.45) is 0 Å². The molecule has 0 unspecified atom stereocenters. The summed E-state index contributed by atoms with van der Waals surface area (Å²) in [5.41, 5.74) is 1.46. The summed E-state index contributed by atoms with van der Waals surface area (Å²) < 4.78 is 34.0. The molecule has 1 saturated heterocycles. The van der Waals surface area contributed by atoms with E-state index in [0.29, 0.717) is 35.2 Å². The molecule has 0 aromatic heterocycles. The van der Waals surface area contributed by atoms with Crippen LogP contribution in [0.3, 0.4) is 0 Å². The Morgan fingerprint density at radius 1 is 0.821 bits per heavy atom. The van der Waals surface area contributed by atoms with Crippen molar-refractivity contribution in [1.82, 2.24) is 0 Å². The fraction of sp³-hybridized carbons (Fsp3) is 0.379. The smallest absolute Gasteiger partial charge is 0.186 e. The molecule has 6 atom stereocenters. The van der Waals surface area contributed by atoms with E-state index in [-0.39, 0.29) is 13.2 Å². The number of methoxy groups -OCH3 is 2. The van der Waals surface area contributed by atoms with Crippen molar-refractivity contribution in [3.8, 4) is 23.0 Å². The van der Waals surface area contributed by atoms with Crippen molar-refractivity contribution >= 4 is 0 Å². The Kier molecular flexibility index (Phi) is 9.99. The zero-order valence-electron chi connectivity index (χ0n) is 21.8. The molecule has 39 heavy (non-hydrogen) atoms. The fourth-order valence-electron chi connectivity index (χ4n) is 4.12. The summed E-state index contributed by atoms with van der Waals surface area (Å²) in [5, 5.41) is 41.4. The minimum absolute atomic E-state index is 0.217. The van der Waals surface area contributed by atoms with Crippen LogP contribution in [0.25, 0.3) is 0 Å². The Hall–Kier alpha value is -3.38. The first kappa shape index (κ1) is 28.6. The van der Waals surface area contributed by atoms with Crippen molar-refractivity contribution in [2.45, 2.75) is 43.4 Å². The molecular weight excluding hydrogens is 508 g/mol. The van der Waals surface area contributed by atoms with Crippen LogP contribution in [-0.2, 0) is 16.1 Å². The molecule has 1 aliphatic heterocycles. The van der Waals surface area contributed by atoms with Crippen LogP contribution < -0.4 is 18.9 Å². The molecule has 4 rings (SSSR count). The highest BCUT2D eigenvalue weighted by molar-refractivity contribution is 5.44. The number of aliphatic hydroxyl groups excluding tert-OH is 4. The first-order chi connectivity index (χ1) is 18.9. The molecule has 1 fully saturated rings. The van der Waals surface area contributed by atoms with Crippen LogP contribution in [0, 0.1) is 0 Å². The van der Waals surface area contributed by atoms with E-state index in [4.69, 9.17) is 28.4 Å². The van der Waals surface area contributed by atoms with Gasteiger partial charge in [0, 0.05) is 0 Å². The summed E-state index contributed by atoms with van der Waals surface area (Å²) in [7, 11) is 3.01. The molecule has 3 aromatic rings. The third kappa shape index (κ3) is 7.18. The van der Waals surface area contributed by atoms with Crippen LogP contribution in [0.1, 0.15) is 17.2 Å². The van der Waals surface area contributed by atoms with E-state index >= 15 is 0 Å². The van der Waals surface area contributed by atoms with Gasteiger partial charge in [0.05, 0.1) is 27.4 Å². The van der Waals surface area contributed by atoms with Crippen molar-refractivity contribution in [3.63, 3.8) is 0 Å². The Balaban J connectivity index is 1.53. The number of hydrogen-bond acceptors (Lipinski definition) is 10. The van der Waals surface area contributed by atoms with E-state index in [9.17, 15) is 20.4 Å². The number of aliphatic hydroxyl groups is 4. The van der Waals surface area contributed by atoms with Crippen molar-refractivity contribution < 1.29 is 48.8 Å². The number of ether oxygens (including phenoxy) is 6. The first-order valence-corrected chi connectivity index (χ1v) is 12.5. The quantitative estimate of drug-likeness (QED) is 0.270. The maximum Gasteiger partial charge on any atom is 0.186 e. The Morgan fingerprint density at radius 3 is 2.23 bits per heavy atom. The van der Waals surface area contributed by atoms with E-state index in [2.05, 4.69) is 0 Å². The predicted molar refractivity (Wildman–Crippen MR) is 140 cm³/mol. The molecule has 4 N–H and O–H groups in total. The monoisotopic (exact) mass is 542 g/mol. The van der Waals surface area contributed by atoms with Crippen molar-refractivity contribution in [3.05, 3.63) is 83.9 Å². The molecule has 0 spiro atoms. The van der Waals surface area contributed by atoms with Gasteiger partial charge in [-0.3, -0.25) is 0 Å². The van der Waals surface area contributed by atoms with Crippen LogP contribution in [-0.4, -0.2) is 78.6 Å². The highest BCUT2D eigenvalue weighted by atomic mass is 16.7. The fourth-order valence-corrected chi connectivity index (χ4v) is 4.12. The minimum atomic E-state index is -1.49. The zero-order valence-corrected chi connectivity index (χ0v) is 21.8. The number of hydrogen-bond donors (Lipinski definition) is 4. The number of benzene rings is 3. The lowest BCUT2D eigenvalue weighted by Crippen LogP contribution is -2.54. The van der Waals surface area contributed by atoms with Gasteiger partial charge in [-0.15, -0.1) is 0 Å². The summed E-state index contributed by atoms with van der Waals surface area (Å²) in [6.45, 7) is -0.111. The summed E-state index contributed by atoms with van der Waals surface area (Å²) in [4.78, 5) is 0. The highest BCUT2D eigenvalue weighted by Crippen LogP contribution is 2.35. The molecule has 0 amide bonds. The van der Waals surface area contributed by atoms with Crippen LogP contribution in [0.15, 0.2) is 72.8 Å². The summed E-state index contributed by atoms with van der Waals surface area (Å²) in [6, 6.07) is 21.7. The molecule has 10 nitrogen and oxygen atoms in total. The average Bonchev–Trinajstić information content (AvgIpc) is 2.98. The Bertz CT molecular complexity index is 1170. The average molecular weight is 543 g/mol. The predicted octanol–water partition coefficient (Wildman–Crippen LogP) is 2.22. The molecule has 210 valence electrons. The van der Waals surface area contributed by atoms with Gasteiger partial charge in [-0.1, -0.05) is 48.5 Å². The largest absolute Gasteiger partial charge is 0.493 e. The van der Waals surface area contributed by atoms with E-state index in [1.807, 2.05) is 30.3 Å². The van der Waals surface area contributed by atoms with E-state index < -0.39 is 36.8 Å². The SMILES string of the molecule is COc1cc([C@H](O)[C@H](CO[C@@H]2OC[C@@H](O)[C@H](O)[C@H]2O)Oc2ccccc2OC)ccc1OCc1ccccc1. The van der Waals surface area contributed by atoms with Gasteiger partial charge in [0.15, 0.2) is 35.4 Å².